The molecule has 0 atom stereocenters. The lowest BCUT2D eigenvalue weighted by Crippen LogP contribution is -2.16. The van der Waals surface area contributed by atoms with Crippen LogP contribution in [0.1, 0.15) is 26.7 Å². The van der Waals surface area contributed by atoms with Crippen molar-refractivity contribution in [2.24, 2.45) is 0 Å². The predicted molar refractivity (Wildman–Crippen MR) is 49.3 cm³/mol. The minimum Gasteiger partial charge on any atom is -0.374 e. The Morgan fingerprint density at radius 3 is 2.75 bits per heavy atom. The van der Waals surface area contributed by atoms with Crippen molar-refractivity contribution >= 4 is 5.78 Å². The largest absolute Gasteiger partial charge is 0.374 e. The van der Waals surface area contributed by atoms with Crippen LogP contribution in [0, 0.1) is 0 Å². The van der Waals surface area contributed by atoms with E-state index in [-0.39, 0.29) is 12.4 Å². The molecule has 0 aromatic heterocycles. The fourth-order valence-corrected chi connectivity index (χ4v) is 0.764. The van der Waals surface area contributed by atoms with Crippen LogP contribution in [0.2, 0.25) is 0 Å². The van der Waals surface area contributed by atoms with Crippen LogP contribution in [0.25, 0.3) is 0 Å². The van der Waals surface area contributed by atoms with Gasteiger partial charge >= 0.3 is 0 Å². The fraction of sp³-hybridized carbons (Fsp3) is 0.889. The van der Waals surface area contributed by atoms with Crippen LogP contribution >= 0.6 is 0 Å². The predicted octanol–water partition coefficient (Wildman–Crippen LogP) is 0.982. The second-order valence-electron chi connectivity index (χ2n) is 2.65. The number of rotatable bonds is 8. The Balaban J connectivity index is 2.95. The highest BCUT2D eigenvalue weighted by Gasteiger charge is 1.96. The van der Waals surface area contributed by atoms with E-state index in [1.807, 2.05) is 6.92 Å². The van der Waals surface area contributed by atoms with Gasteiger partial charge in [0.1, 0.15) is 6.61 Å². The Morgan fingerprint density at radius 1 is 1.42 bits per heavy atom. The summed E-state index contributed by atoms with van der Waals surface area (Å²) < 4.78 is 5.14. The number of ketones is 1. The summed E-state index contributed by atoms with van der Waals surface area (Å²) in [5, 5.41) is 3.19. The second-order valence-corrected chi connectivity index (χ2v) is 2.65. The lowest BCUT2D eigenvalue weighted by molar-refractivity contribution is -0.123. The van der Waals surface area contributed by atoms with Crippen LogP contribution in [0.3, 0.4) is 0 Å². The van der Waals surface area contributed by atoms with Crippen molar-refractivity contribution in [1.82, 2.24) is 5.32 Å². The van der Waals surface area contributed by atoms with E-state index in [0.29, 0.717) is 13.0 Å². The molecular formula is C9H19NO2. The molecule has 0 rings (SSSR count). The van der Waals surface area contributed by atoms with E-state index in [0.717, 1.165) is 19.5 Å². The van der Waals surface area contributed by atoms with Gasteiger partial charge in [-0.15, -0.1) is 0 Å². The van der Waals surface area contributed by atoms with Gasteiger partial charge in [0.2, 0.25) is 0 Å². The van der Waals surface area contributed by atoms with Crippen LogP contribution < -0.4 is 5.32 Å². The van der Waals surface area contributed by atoms with E-state index in [4.69, 9.17) is 4.74 Å². The van der Waals surface area contributed by atoms with Gasteiger partial charge in [-0.05, 0) is 19.5 Å². The molecule has 0 spiro atoms. The van der Waals surface area contributed by atoms with Crippen molar-refractivity contribution in [2.45, 2.75) is 26.7 Å². The number of carbonyl (C=O) groups is 1. The molecule has 0 aromatic carbocycles. The number of ether oxygens (including phenoxy) is 1. The van der Waals surface area contributed by atoms with Crippen molar-refractivity contribution < 1.29 is 9.53 Å². The molecule has 0 unspecified atom stereocenters. The van der Waals surface area contributed by atoms with E-state index in [9.17, 15) is 4.79 Å². The maximum atomic E-state index is 10.8. The van der Waals surface area contributed by atoms with E-state index in [2.05, 4.69) is 12.2 Å². The summed E-state index contributed by atoms with van der Waals surface area (Å²) in [6.07, 6.45) is 1.55. The second kappa shape index (κ2) is 8.68. The van der Waals surface area contributed by atoms with Gasteiger partial charge in [-0.1, -0.05) is 13.8 Å². The van der Waals surface area contributed by atoms with Gasteiger partial charge in [-0.2, -0.15) is 0 Å². The molecule has 1 N–H and O–H groups in total. The van der Waals surface area contributed by atoms with Crippen LogP contribution in [0.4, 0.5) is 0 Å². The molecule has 0 amide bonds. The Kier molecular flexibility index (Phi) is 8.39. The summed E-state index contributed by atoms with van der Waals surface area (Å²) in [5.74, 6) is 0.179. The Labute approximate surface area is 74.5 Å². The van der Waals surface area contributed by atoms with Crippen molar-refractivity contribution in [3.05, 3.63) is 0 Å². The fourth-order valence-electron chi connectivity index (χ4n) is 0.764. The minimum absolute atomic E-state index is 0.179. The highest BCUT2D eigenvalue weighted by molar-refractivity contribution is 5.79. The zero-order valence-corrected chi connectivity index (χ0v) is 8.06. The Bertz CT molecular complexity index is 115. The highest BCUT2D eigenvalue weighted by atomic mass is 16.5. The van der Waals surface area contributed by atoms with E-state index >= 15 is 0 Å². The number of hydrogen-bond donors (Lipinski definition) is 1. The van der Waals surface area contributed by atoms with Gasteiger partial charge in [0.25, 0.3) is 0 Å². The molecule has 3 nitrogen and oxygen atoms in total. The third-order valence-corrected chi connectivity index (χ3v) is 1.55. The molecule has 0 aromatic rings. The average molecular weight is 173 g/mol. The summed E-state index contributed by atoms with van der Waals surface area (Å²) in [7, 11) is 0. The molecule has 12 heavy (non-hydrogen) atoms. The topological polar surface area (TPSA) is 38.3 Å². The lowest BCUT2D eigenvalue weighted by atomic mass is 10.3. The number of Topliss-reactive ketones (excluding diaryl/α,β-unsaturated/α-hetero) is 1. The highest BCUT2D eigenvalue weighted by Crippen LogP contribution is 1.85. The first-order valence-corrected chi connectivity index (χ1v) is 4.61. The van der Waals surface area contributed by atoms with E-state index in [1.54, 1.807) is 0 Å². The Hall–Kier alpha value is -0.410. The minimum atomic E-state index is 0.179. The molecule has 0 saturated carbocycles. The molecule has 0 heterocycles. The normalized spacial score (nSPS) is 10.2. The third-order valence-electron chi connectivity index (χ3n) is 1.55. The lowest BCUT2D eigenvalue weighted by Gasteiger charge is -2.02. The molecule has 0 fully saturated rings. The molecule has 0 radical (unpaired) electrons. The summed E-state index contributed by atoms with van der Waals surface area (Å²) in [4.78, 5) is 10.8. The number of carbonyl (C=O) groups excluding carboxylic acids is 1. The smallest absolute Gasteiger partial charge is 0.158 e. The van der Waals surface area contributed by atoms with Crippen molar-refractivity contribution in [1.29, 1.82) is 0 Å². The molecule has 0 aliphatic heterocycles. The maximum Gasteiger partial charge on any atom is 0.158 e. The van der Waals surface area contributed by atoms with Crippen molar-refractivity contribution in [2.75, 3.05) is 26.3 Å². The molecule has 0 saturated heterocycles. The van der Waals surface area contributed by atoms with Crippen molar-refractivity contribution in [3.8, 4) is 0 Å². The van der Waals surface area contributed by atoms with Gasteiger partial charge in [0, 0.05) is 13.0 Å². The first-order chi connectivity index (χ1) is 5.81. The molecular weight excluding hydrogens is 154 g/mol. The number of hydrogen-bond acceptors (Lipinski definition) is 3. The van der Waals surface area contributed by atoms with Gasteiger partial charge < -0.3 is 10.1 Å². The SMILES string of the molecule is CCNCCCOCC(=O)CC. The van der Waals surface area contributed by atoms with Crippen LogP contribution in [0.5, 0.6) is 0 Å². The van der Waals surface area contributed by atoms with Crippen LogP contribution in [-0.4, -0.2) is 32.1 Å². The third kappa shape index (κ3) is 7.69. The molecule has 0 aliphatic rings. The van der Waals surface area contributed by atoms with Crippen molar-refractivity contribution in [3.63, 3.8) is 0 Å². The van der Waals surface area contributed by atoms with Gasteiger partial charge in [0.15, 0.2) is 5.78 Å². The molecule has 3 heteroatoms. The van der Waals surface area contributed by atoms with Crippen LogP contribution in [0.15, 0.2) is 0 Å². The quantitative estimate of drug-likeness (QED) is 0.556. The van der Waals surface area contributed by atoms with E-state index in [1.165, 1.54) is 0 Å². The zero-order valence-electron chi connectivity index (χ0n) is 8.06. The first-order valence-electron chi connectivity index (χ1n) is 4.61. The summed E-state index contributed by atoms with van der Waals surface area (Å²) >= 11 is 0. The maximum absolute atomic E-state index is 10.8. The molecule has 72 valence electrons. The first kappa shape index (κ1) is 11.6. The standard InChI is InChI=1S/C9H19NO2/c1-3-9(11)8-12-7-5-6-10-4-2/h10H,3-8H2,1-2H3. The molecule has 0 bridgehead atoms. The Morgan fingerprint density at radius 2 is 2.17 bits per heavy atom. The van der Waals surface area contributed by atoms with Crippen LogP contribution in [-0.2, 0) is 9.53 Å². The summed E-state index contributed by atoms with van der Waals surface area (Å²) in [6.45, 7) is 6.85. The monoisotopic (exact) mass is 173 g/mol. The van der Waals surface area contributed by atoms with Gasteiger partial charge in [-0.25, -0.2) is 0 Å². The molecule has 0 aliphatic carbocycles. The summed E-state index contributed by atoms with van der Waals surface area (Å²) in [5.41, 5.74) is 0. The van der Waals surface area contributed by atoms with Gasteiger partial charge in [0.05, 0.1) is 0 Å². The zero-order chi connectivity index (χ0) is 9.23. The summed E-state index contributed by atoms with van der Waals surface area (Å²) in [6, 6.07) is 0. The number of nitrogens with one attached hydrogen (secondary N) is 1. The average Bonchev–Trinajstić information content (AvgIpc) is 2.10. The van der Waals surface area contributed by atoms with E-state index < -0.39 is 0 Å². The van der Waals surface area contributed by atoms with Gasteiger partial charge in [-0.3, -0.25) is 4.79 Å².